The number of phenolic OH excluding ortho intramolecular Hbond substituents is 1. The summed E-state index contributed by atoms with van der Waals surface area (Å²) in [7, 11) is 1.54. The zero-order chi connectivity index (χ0) is 13.0. The number of aromatic hydroxyl groups is 1. The molecule has 100 valence electrons. The smallest absolute Gasteiger partial charge is 0.160 e. The number of anilines is 1. The second-order valence-electron chi connectivity index (χ2n) is 4.41. The number of hydrogen-bond donors (Lipinski definition) is 2. The lowest BCUT2D eigenvalue weighted by molar-refractivity contribution is 0.189. The minimum Gasteiger partial charge on any atom is -0.504 e. The van der Waals surface area contributed by atoms with Crippen LogP contribution in [0.1, 0.15) is 0 Å². The molecule has 0 atom stereocenters. The van der Waals surface area contributed by atoms with E-state index in [0.717, 1.165) is 38.4 Å². The predicted molar refractivity (Wildman–Crippen MR) is 70.4 cm³/mol. The molecule has 1 saturated heterocycles. The summed E-state index contributed by atoms with van der Waals surface area (Å²) in [5.74, 6) is 0.672. The summed E-state index contributed by atoms with van der Waals surface area (Å²) >= 11 is 0. The Labute approximate surface area is 107 Å². The molecule has 0 spiro atoms. The Morgan fingerprint density at radius 2 is 1.94 bits per heavy atom. The van der Waals surface area contributed by atoms with Crippen LogP contribution >= 0.6 is 0 Å². The fraction of sp³-hybridized carbons (Fsp3) is 0.538. The molecule has 18 heavy (non-hydrogen) atoms. The molecule has 2 rings (SSSR count). The number of hydrogen-bond acceptors (Lipinski definition) is 5. The molecule has 0 aliphatic carbocycles. The SMILES string of the molecule is COc1ccc(N2CCN(CCO)CC2)cc1O. The van der Waals surface area contributed by atoms with E-state index in [1.165, 1.54) is 0 Å². The molecular weight excluding hydrogens is 232 g/mol. The largest absolute Gasteiger partial charge is 0.504 e. The molecule has 0 unspecified atom stereocenters. The van der Waals surface area contributed by atoms with E-state index in [-0.39, 0.29) is 12.4 Å². The van der Waals surface area contributed by atoms with Gasteiger partial charge in [-0.3, -0.25) is 4.90 Å². The van der Waals surface area contributed by atoms with E-state index in [0.29, 0.717) is 5.75 Å². The molecule has 1 aliphatic heterocycles. The minimum absolute atomic E-state index is 0.174. The number of aliphatic hydroxyl groups is 1. The van der Waals surface area contributed by atoms with Gasteiger partial charge < -0.3 is 19.8 Å². The highest BCUT2D eigenvalue weighted by Crippen LogP contribution is 2.30. The fourth-order valence-corrected chi connectivity index (χ4v) is 2.25. The zero-order valence-electron chi connectivity index (χ0n) is 10.7. The van der Waals surface area contributed by atoms with E-state index >= 15 is 0 Å². The van der Waals surface area contributed by atoms with Crippen molar-refractivity contribution in [2.45, 2.75) is 0 Å². The van der Waals surface area contributed by atoms with E-state index in [1.807, 2.05) is 6.07 Å². The van der Waals surface area contributed by atoms with Crippen molar-refractivity contribution in [2.24, 2.45) is 0 Å². The molecular formula is C13H20N2O3. The van der Waals surface area contributed by atoms with Crippen molar-refractivity contribution in [2.75, 3.05) is 51.3 Å². The normalized spacial score (nSPS) is 16.9. The highest BCUT2D eigenvalue weighted by atomic mass is 16.5. The Morgan fingerprint density at radius 3 is 2.50 bits per heavy atom. The van der Waals surface area contributed by atoms with Crippen LogP contribution in [0, 0.1) is 0 Å². The summed E-state index contributed by atoms with van der Waals surface area (Å²) in [6, 6.07) is 5.48. The van der Waals surface area contributed by atoms with Crippen molar-refractivity contribution < 1.29 is 14.9 Å². The van der Waals surface area contributed by atoms with Crippen LogP contribution in [0.5, 0.6) is 11.5 Å². The van der Waals surface area contributed by atoms with Crippen molar-refractivity contribution in [1.29, 1.82) is 0 Å². The van der Waals surface area contributed by atoms with E-state index < -0.39 is 0 Å². The zero-order valence-corrected chi connectivity index (χ0v) is 10.7. The number of aliphatic hydroxyl groups excluding tert-OH is 1. The van der Waals surface area contributed by atoms with Gasteiger partial charge in [-0.05, 0) is 12.1 Å². The first-order valence-electron chi connectivity index (χ1n) is 6.19. The molecule has 0 bridgehead atoms. The first kappa shape index (κ1) is 13.0. The van der Waals surface area contributed by atoms with Crippen LogP contribution in [-0.2, 0) is 0 Å². The Hall–Kier alpha value is -1.46. The summed E-state index contributed by atoms with van der Waals surface area (Å²) in [5.41, 5.74) is 1.01. The molecule has 1 aromatic carbocycles. The van der Waals surface area contributed by atoms with Crippen LogP contribution in [0.25, 0.3) is 0 Å². The quantitative estimate of drug-likeness (QED) is 0.818. The Kier molecular flexibility index (Phi) is 4.28. The number of rotatable bonds is 4. The van der Waals surface area contributed by atoms with E-state index in [2.05, 4.69) is 9.80 Å². The number of methoxy groups -OCH3 is 1. The Balaban J connectivity index is 1.99. The van der Waals surface area contributed by atoms with E-state index in [1.54, 1.807) is 19.2 Å². The molecule has 2 N–H and O–H groups in total. The highest BCUT2D eigenvalue weighted by molar-refractivity contribution is 5.56. The van der Waals surface area contributed by atoms with Gasteiger partial charge in [0.1, 0.15) is 0 Å². The summed E-state index contributed by atoms with van der Waals surface area (Å²) in [4.78, 5) is 4.47. The second-order valence-corrected chi connectivity index (χ2v) is 4.41. The minimum atomic E-state index is 0.174. The first-order chi connectivity index (χ1) is 8.74. The predicted octanol–water partition coefficient (Wildman–Crippen LogP) is 0.515. The van der Waals surface area contributed by atoms with Gasteiger partial charge in [-0.15, -0.1) is 0 Å². The number of β-amino-alcohol motifs (C(OH)–C–C–N with tert-alkyl or cyclic N) is 1. The van der Waals surface area contributed by atoms with Crippen LogP contribution in [0.3, 0.4) is 0 Å². The van der Waals surface area contributed by atoms with Gasteiger partial charge in [0.2, 0.25) is 0 Å². The lowest BCUT2D eigenvalue weighted by Crippen LogP contribution is -2.47. The van der Waals surface area contributed by atoms with Crippen LogP contribution in [0.2, 0.25) is 0 Å². The standard InChI is InChI=1S/C13H20N2O3/c1-18-13-3-2-11(10-12(13)17)15-6-4-14(5-7-15)8-9-16/h2-3,10,16-17H,4-9H2,1H3. The van der Waals surface area contributed by atoms with Crippen molar-refractivity contribution in [3.8, 4) is 11.5 Å². The maximum absolute atomic E-state index is 9.76. The lowest BCUT2D eigenvalue weighted by Gasteiger charge is -2.35. The molecule has 0 saturated carbocycles. The number of ether oxygens (including phenoxy) is 1. The summed E-state index contributed by atoms with van der Waals surface area (Å²) in [6.07, 6.45) is 0. The molecule has 1 aliphatic rings. The van der Waals surface area contributed by atoms with Gasteiger partial charge in [0.25, 0.3) is 0 Å². The molecule has 5 heteroatoms. The number of phenols is 1. The second kappa shape index (κ2) is 5.93. The van der Waals surface area contributed by atoms with Crippen LogP contribution in [-0.4, -0.2) is 61.6 Å². The number of nitrogens with zero attached hydrogens (tertiary/aromatic N) is 2. The summed E-state index contributed by atoms with van der Waals surface area (Å²) < 4.78 is 5.03. The Bertz CT molecular complexity index is 390. The van der Waals surface area contributed by atoms with E-state index in [9.17, 15) is 5.11 Å². The summed E-state index contributed by atoms with van der Waals surface area (Å²) in [6.45, 7) is 4.64. The summed E-state index contributed by atoms with van der Waals surface area (Å²) in [5, 5.41) is 18.7. The van der Waals surface area contributed by atoms with Crippen molar-refractivity contribution >= 4 is 5.69 Å². The third kappa shape index (κ3) is 2.86. The van der Waals surface area contributed by atoms with Gasteiger partial charge in [-0.1, -0.05) is 0 Å². The number of benzene rings is 1. The average Bonchev–Trinajstić information content (AvgIpc) is 2.40. The van der Waals surface area contributed by atoms with Crippen molar-refractivity contribution in [3.05, 3.63) is 18.2 Å². The monoisotopic (exact) mass is 252 g/mol. The van der Waals surface area contributed by atoms with Crippen molar-refractivity contribution in [1.82, 2.24) is 4.90 Å². The fourth-order valence-electron chi connectivity index (χ4n) is 2.25. The van der Waals surface area contributed by atoms with Crippen LogP contribution in [0.15, 0.2) is 18.2 Å². The molecule has 0 aromatic heterocycles. The molecule has 5 nitrogen and oxygen atoms in total. The number of piperazine rings is 1. The van der Waals surface area contributed by atoms with Crippen molar-refractivity contribution in [3.63, 3.8) is 0 Å². The van der Waals surface area contributed by atoms with Gasteiger partial charge in [-0.25, -0.2) is 0 Å². The van der Waals surface area contributed by atoms with Gasteiger partial charge >= 0.3 is 0 Å². The molecule has 1 aromatic rings. The van der Waals surface area contributed by atoms with Gasteiger partial charge in [0.15, 0.2) is 11.5 Å². The molecule has 0 amide bonds. The van der Waals surface area contributed by atoms with Crippen LogP contribution < -0.4 is 9.64 Å². The Morgan fingerprint density at radius 1 is 1.22 bits per heavy atom. The van der Waals surface area contributed by atoms with E-state index in [4.69, 9.17) is 9.84 Å². The van der Waals surface area contributed by atoms with Crippen LogP contribution in [0.4, 0.5) is 5.69 Å². The average molecular weight is 252 g/mol. The molecule has 1 heterocycles. The molecule has 0 radical (unpaired) electrons. The first-order valence-corrected chi connectivity index (χ1v) is 6.19. The maximum Gasteiger partial charge on any atom is 0.160 e. The lowest BCUT2D eigenvalue weighted by atomic mass is 10.2. The third-order valence-electron chi connectivity index (χ3n) is 3.32. The molecule has 1 fully saturated rings. The van der Waals surface area contributed by atoms with Gasteiger partial charge in [-0.2, -0.15) is 0 Å². The highest BCUT2D eigenvalue weighted by Gasteiger charge is 2.17. The topological polar surface area (TPSA) is 56.2 Å². The van der Waals surface area contributed by atoms with Gasteiger partial charge in [0.05, 0.1) is 13.7 Å². The van der Waals surface area contributed by atoms with Gasteiger partial charge in [0, 0.05) is 44.5 Å². The third-order valence-corrected chi connectivity index (χ3v) is 3.32. The maximum atomic E-state index is 9.76.